The molecule has 1 aliphatic heterocycles. The summed E-state index contributed by atoms with van der Waals surface area (Å²) in [5.41, 5.74) is 1.92. The molecule has 0 unspecified atom stereocenters. The van der Waals surface area contributed by atoms with Crippen LogP contribution in [0.4, 0.5) is 4.39 Å². The predicted octanol–water partition coefficient (Wildman–Crippen LogP) is 3.95. The zero-order chi connectivity index (χ0) is 16.4. The third-order valence-corrected chi connectivity index (χ3v) is 4.02. The molecule has 0 amide bonds. The van der Waals surface area contributed by atoms with Gasteiger partial charge in [0.05, 0.1) is 6.54 Å². The van der Waals surface area contributed by atoms with E-state index in [1.54, 1.807) is 6.07 Å². The Bertz CT molecular complexity index is 756. The number of hydrogen-bond acceptors (Lipinski definition) is 3. The van der Waals surface area contributed by atoms with Crippen LogP contribution in [0.3, 0.4) is 0 Å². The molecule has 3 nitrogen and oxygen atoms in total. The number of benzene rings is 2. The van der Waals surface area contributed by atoms with Gasteiger partial charge in [0.1, 0.15) is 11.7 Å². The highest BCUT2D eigenvalue weighted by Gasteiger charge is 2.25. The van der Waals surface area contributed by atoms with Crippen molar-refractivity contribution in [3.63, 3.8) is 0 Å². The van der Waals surface area contributed by atoms with E-state index in [4.69, 9.17) is 0 Å². The van der Waals surface area contributed by atoms with Crippen LogP contribution in [0.2, 0.25) is 0 Å². The van der Waals surface area contributed by atoms with Crippen molar-refractivity contribution in [2.75, 3.05) is 13.1 Å². The van der Waals surface area contributed by atoms with Gasteiger partial charge in [0.15, 0.2) is 5.78 Å². The Balaban J connectivity index is 0.00000208. The van der Waals surface area contributed by atoms with Crippen molar-refractivity contribution in [2.24, 2.45) is 4.99 Å². The Hall–Kier alpha value is -2.20. The molecular weight excluding hydrogens is 327 g/mol. The summed E-state index contributed by atoms with van der Waals surface area (Å²) in [5, 5.41) is 0. The van der Waals surface area contributed by atoms with Crippen LogP contribution in [0.15, 0.2) is 53.5 Å². The third kappa shape index (κ3) is 3.49. The van der Waals surface area contributed by atoms with Gasteiger partial charge >= 0.3 is 0 Å². The minimum absolute atomic E-state index is 0. The van der Waals surface area contributed by atoms with Gasteiger partial charge in [0, 0.05) is 29.3 Å². The smallest absolute Gasteiger partial charge is 0.193 e. The van der Waals surface area contributed by atoms with Crippen molar-refractivity contribution in [1.29, 1.82) is 0 Å². The first-order valence-corrected chi connectivity index (χ1v) is 7.78. The minimum Gasteiger partial charge on any atom is -0.352 e. The number of halogens is 2. The molecule has 0 fully saturated rings. The van der Waals surface area contributed by atoms with Crippen molar-refractivity contribution in [1.82, 2.24) is 4.90 Å². The number of carbonyl (C=O) groups excluding carboxylic acids is 1. The molecule has 0 atom stereocenters. The van der Waals surface area contributed by atoms with Crippen LogP contribution in [0.1, 0.15) is 35.3 Å². The van der Waals surface area contributed by atoms with E-state index in [0.717, 1.165) is 24.5 Å². The largest absolute Gasteiger partial charge is 0.352 e. The topological polar surface area (TPSA) is 32.7 Å². The fourth-order valence-corrected chi connectivity index (χ4v) is 2.84. The van der Waals surface area contributed by atoms with E-state index in [1.807, 2.05) is 18.2 Å². The van der Waals surface area contributed by atoms with E-state index >= 15 is 0 Å². The molecule has 0 radical (unpaired) electrons. The van der Waals surface area contributed by atoms with Gasteiger partial charge in [-0.05, 0) is 38.1 Å². The summed E-state index contributed by atoms with van der Waals surface area (Å²) in [7, 11) is 0. The molecule has 126 valence electrons. The van der Waals surface area contributed by atoms with Crippen molar-refractivity contribution in [2.45, 2.75) is 19.9 Å². The maximum atomic E-state index is 13.1. The third-order valence-electron chi connectivity index (χ3n) is 4.02. The quantitative estimate of drug-likeness (QED) is 0.785. The van der Waals surface area contributed by atoms with Gasteiger partial charge in [0.25, 0.3) is 0 Å². The highest BCUT2D eigenvalue weighted by molar-refractivity contribution is 6.16. The Morgan fingerprint density at radius 1 is 1.12 bits per heavy atom. The fraction of sp³-hybridized carbons (Fsp3) is 0.263. The summed E-state index contributed by atoms with van der Waals surface area (Å²) >= 11 is 0. The highest BCUT2D eigenvalue weighted by Crippen LogP contribution is 2.21. The fourth-order valence-electron chi connectivity index (χ4n) is 2.84. The normalized spacial score (nSPS) is 13.7. The number of aliphatic imine (C=N–C) groups is 1. The zero-order valence-electron chi connectivity index (χ0n) is 13.7. The molecule has 1 heterocycles. The van der Waals surface area contributed by atoms with E-state index in [-0.39, 0.29) is 24.0 Å². The lowest BCUT2D eigenvalue weighted by atomic mass is 9.97. The number of amidine groups is 1. The van der Waals surface area contributed by atoms with E-state index in [2.05, 4.69) is 23.7 Å². The van der Waals surface area contributed by atoms with Crippen molar-refractivity contribution >= 4 is 24.0 Å². The van der Waals surface area contributed by atoms with E-state index in [1.165, 1.54) is 24.3 Å². The zero-order valence-corrected chi connectivity index (χ0v) is 14.5. The minimum atomic E-state index is -0.346. The summed E-state index contributed by atoms with van der Waals surface area (Å²) in [5.74, 6) is 0.408. The summed E-state index contributed by atoms with van der Waals surface area (Å²) in [4.78, 5) is 19.6. The number of nitrogens with zero attached hydrogens (tertiary/aromatic N) is 2. The summed E-state index contributed by atoms with van der Waals surface area (Å²) in [6, 6.07) is 13.5. The monoisotopic (exact) mass is 346 g/mol. The molecule has 0 N–H and O–H groups in total. The lowest BCUT2D eigenvalue weighted by Crippen LogP contribution is -2.35. The van der Waals surface area contributed by atoms with Crippen LogP contribution in [-0.2, 0) is 0 Å². The summed E-state index contributed by atoms with van der Waals surface area (Å²) < 4.78 is 13.1. The Morgan fingerprint density at radius 2 is 1.79 bits per heavy atom. The van der Waals surface area contributed by atoms with Crippen LogP contribution < -0.4 is 0 Å². The maximum Gasteiger partial charge on any atom is 0.193 e. The van der Waals surface area contributed by atoms with Crippen LogP contribution in [0, 0.1) is 5.82 Å². The first-order chi connectivity index (χ1) is 11.1. The van der Waals surface area contributed by atoms with Gasteiger partial charge in [-0.3, -0.25) is 9.79 Å². The first kappa shape index (κ1) is 18.1. The van der Waals surface area contributed by atoms with Crippen molar-refractivity contribution in [3.05, 3.63) is 71.0 Å². The number of rotatable bonds is 4. The van der Waals surface area contributed by atoms with Crippen LogP contribution >= 0.6 is 12.4 Å². The SMILES string of the molecule is CC(C)N1CCN=C1c1ccccc1C(=O)c1ccc(F)cc1.Cl. The van der Waals surface area contributed by atoms with Gasteiger partial charge in [-0.2, -0.15) is 0 Å². The molecule has 0 aliphatic carbocycles. The maximum absolute atomic E-state index is 13.1. The van der Waals surface area contributed by atoms with E-state index < -0.39 is 0 Å². The van der Waals surface area contributed by atoms with Gasteiger partial charge < -0.3 is 4.90 Å². The van der Waals surface area contributed by atoms with Crippen molar-refractivity contribution < 1.29 is 9.18 Å². The molecule has 24 heavy (non-hydrogen) atoms. The lowest BCUT2D eigenvalue weighted by Gasteiger charge is -2.25. The molecule has 2 aromatic rings. The van der Waals surface area contributed by atoms with Gasteiger partial charge in [0.2, 0.25) is 0 Å². The predicted molar refractivity (Wildman–Crippen MR) is 96.8 cm³/mol. The second-order valence-corrected chi connectivity index (χ2v) is 5.87. The standard InChI is InChI=1S/C19H19FN2O.ClH/c1-13(2)22-12-11-21-19(22)17-6-4-3-5-16(17)18(23)14-7-9-15(20)10-8-14;/h3-10,13H,11-12H2,1-2H3;1H. The molecule has 2 aromatic carbocycles. The number of carbonyl (C=O) groups is 1. The Labute approximate surface area is 147 Å². The van der Waals surface area contributed by atoms with Crippen LogP contribution in [0.25, 0.3) is 0 Å². The average Bonchev–Trinajstić information content (AvgIpc) is 3.05. The average molecular weight is 347 g/mol. The van der Waals surface area contributed by atoms with E-state index in [9.17, 15) is 9.18 Å². The molecule has 5 heteroatoms. The number of ketones is 1. The molecule has 3 rings (SSSR count). The molecule has 0 bridgehead atoms. The second kappa shape index (κ2) is 7.58. The molecule has 0 saturated heterocycles. The van der Waals surface area contributed by atoms with Gasteiger partial charge in [-0.15, -0.1) is 12.4 Å². The molecule has 0 spiro atoms. The Kier molecular flexibility index (Phi) is 5.73. The number of hydrogen-bond donors (Lipinski definition) is 0. The van der Waals surface area contributed by atoms with Gasteiger partial charge in [-0.1, -0.05) is 24.3 Å². The highest BCUT2D eigenvalue weighted by atomic mass is 35.5. The molecule has 1 aliphatic rings. The van der Waals surface area contributed by atoms with Gasteiger partial charge in [-0.25, -0.2) is 4.39 Å². The molecule has 0 aromatic heterocycles. The van der Waals surface area contributed by atoms with Crippen LogP contribution in [-0.4, -0.2) is 35.7 Å². The van der Waals surface area contributed by atoms with Crippen LogP contribution in [0.5, 0.6) is 0 Å². The lowest BCUT2D eigenvalue weighted by molar-refractivity contribution is 0.103. The second-order valence-electron chi connectivity index (χ2n) is 5.87. The van der Waals surface area contributed by atoms with Crippen molar-refractivity contribution in [3.8, 4) is 0 Å². The first-order valence-electron chi connectivity index (χ1n) is 7.78. The van der Waals surface area contributed by atoms with E-state index in [0.29, 0.717) is 17.2 Å². The molecular formula is C19H20ClFN2O. The summed E-state index contributed by atoms with van der Waals surface area (Å²) in [6.07, 6.45) is 0. The Morgan fingerprint density at radius 3 is 2.46 bits per heavy atom. The molecule has 0 saturated carbocycles. The summed E-state index contributed by atoms with van der Waals surface area (Å²) in [6.45, 7) is 5.84.